The number of nitrogens with zero attached hydrogens (tertiary/aromatic N) is 1. The van der Waals surface area contributed by atoms with Crippen molar-refractivity contribution in [2.75, 3.05) is 0 Å². The molecule has 180 valence electrons. The molecule has 0 saturated carbocycles. The van der Waals surface area contributed by atoms with Gasteiger partial charge in [0.05, 0.1) is 18.4 Å². The molecular weight excluding hydrogens is 454 g/mol. The summed E-state index contributed by atoms with van der Waals surface area (Å²) in [5.41, 5.74) is 3.82. The monoisotopic (exact) mass is 479 g/mol. The summed E-state index contributed by atoms with van der Waals surface area (Å²) < 4.78 is 18.5. The Morgan fingerprint density at radius 2 is 1.44 bits per heavy atom. The maximum Gasteiger partial charge on any atom is 0.226 e. The average molecular weight is 480 g/mol. The summed E-state index contributed by atoms with van der Waals surface area (Å²) in [7, 11) is 0. The Kier molecular flexibility index (Phi) is 6.96. The molecule has 0 aliphatic heterocycles. The number of aliphatic hydroxyl groups excluding tert-OH is 1. The fourth-order valence-electron chi connectivity index (χ4n) is 3.81. The zero-order chi connectivity index (χ0) is 24.7. The Morgan fingerprint density at radius 3 is 2.14 bits per heavy atom. The molecule has 0 bridgehead atoms. The van der Waals surface area contributed by atoms with Crippen molar-refractivity contribution in [3.05, 3.63) is 120 Å². The minimum Gasteiger partial charge on any atom is -0.508 e. The van der Waals surface area contributed by atoms with Crippen LogP contribution in [0.25, 0.3) is 22.8 Å². The van der Waals surface area contributed by atoms with Crippen LogP contribution < -0.4 is 9.47 Å². The zero-order valence-corrected chi connectivity index (χ0v) is 19.5. The van der Waals surface area contributed by atoms with Crippen LogP contribution in [0.15, 0.2) is 108 Å². The van der Waals surface area contributed by atoms with Crippen molar-refractivity contribution in [2.24, 2.45) is 0 Å². The number of aromatic hydroxyl groups is 1. The molecule has 0 aliphatic rings. The first-order valence-corrected chi connectivity index (χ1v) is 11.6. The summed E-state index contributed by atoms with van der Waals surface area (Å²) >= 11 is 0. The van der Waals surface area contributed by atoms with E-state index >= 15 is 0 Å². The topological polar surface area (TPSA) is 85.0 Å². The van der Waals surface area contributed by atoms with Gasteiger partial charge in [-0.1, -0.05) is 66.7 Å². The smallest absolute Gasteiger partial charge is 0.226 e. The Balaban J connectivity index is 1.48. The van der Waals surface area contributed by atoms with Gasteiger partial charge in [0.15, 0.2) is 17.3 Å². The molecule has 4 aromatic carbocycles. The van der Waals surface area contributed by atoms with Gasteiger partial charge in [0, 0.05) is 11.1 Å². The molecular formula is C30H25NO5. The van der Waals surface area contributed by atoms with Gasteiger partial charge in [0.2, 0.25) is 5.89 Å². The lowest BCUT2D eigenvalue weighted by molar-refractivity contribution is 0.256. The van der Waals surface area contributed by atoms with Crippen LogP contribution in [0.5, 0.6) is 17.2 Å². The molecule has 5 aromatic rings. The molecule has 0 aliphatic carbocycles. The van der Waals surface area contributed by atoms with Crippen LogP contribution in [0.2, 0.25) is 0 Å². The highest BCUT2D eigenvalue weighted by Gasteiger charge is 2.18. The van der Waals surface area contributed by atoms with Gasteiger partial charge in [-0.05, 0) is 41.5 Å². The van der Waals surface area contributed by atoms with Crippen molar-refractivity contribution in [1.82, 2.24) is 4.98 Å². The molecule has 0 radical (unpaired) electrons. The number of aromatic nitrogens is 1. The highest BCUT2D eigenvalue weighted by molar-refractivity contribution is 5.71. The van der Waals surface area contributed by atoms with Gasteiger partial charge in [-0.15, -0.1) is 0 Å². The molecule has 5 rings (SSSR count). The van der Waals surface area contributed by atoms with Crippen molar-refractivity contribution in [3.63, 3.8) is 0 Å². The number of hydrogen-bond donors (Lipinski definition) is 2. The van der Waals surface area contributed by atoms with Crippen molar-refractivity contribution < 1.29 is 24.1 Å². The quantitative estimate of drug-likeness (QED) is 0.256. The van der Waals surface area contributed by atoms with Crippen LogP contribution in [0.3, 0.4) is 0 Å². The van der Waals surface area contributed by atoms with E-state index in [1.165, 1.54) is 6.07 Å². The maximum absolute atomic E-state index is 9.88. The van der Waals surface area contributed by atoms with E-state index in [0.717, 1.165) is 11.1 Å². The zero-order valence-electron chi connectivity index (χ0n) is 19.5. The maximum atomic E-state index is 9.88. The molecule has 0 unspecified atom stereocenters. The van der Waals surface area contributed by atoms with E-state index < -0.39 is 0 Å². The molecule has 1 aromatic heterocycles. The lowest BCUT2D eigenvalue weighted by Gasteiger charge is -2.16. The third-order valence-corrected chi connectivity index (χ3v) is 5.71. The molecule has 36 heavy (non-hydrogen) atoms. The SMILES string of the molecule is OCc1cc(-c2ncc(-c3cccc(OCc4ccccc4)c3OCc3ccccc3)o2)ccc1O. The summed E-state index contributed by atoms with van der Waals surface area (Å²) in [5.74, 6) is 2.05. The van der Waals surface area contributed by atoms with Gasteiger partial charge >= 0.3 is 0 Å². The molecule has 0 fully saturated rings. The Labute approximate surface area is 209 Å². The fraction of sp³-hybridized carbons (Fsp3) is 0.100. The first-order chi connectivity index (χ1) is 17.7. The number of phenols is 1. The standard InChI is InChI=1S/C30H25NO5/c32-18-24-16-23(14-15-26(24)33)30-31-17-28(36-30)25-12-7-13-27(34-19-21-8-3-1-4-9-21)29(25)35-20-22-10-5-2-6-11-22/h1-17,32-33H,18-20H2. The first kappa shape index (κ1) is 23.2. The molecule has 1 heterocycles. The second kappa shape index (κ2) is 10.8. The van der Waals surface area contributed by atoms with E-state index in [-0.39, 0.29) is 12.4 Å². The number of oxazole rings is 1. The number of para-hydroxylation sites is 1. The van der Waals surface area contributed by atoms with Gasteiger partial charge in [0.1, 0.15) is 19.0 Å². The van der Waals surface area contributed by atoms with Crippen molar-refractivity contribution in [3.8, 4) is 40.0 Å². The van der Waals surface area contributed by atoms with E-state index in [4.69, 9.17) is 13.9 Å². The van der Waals surface area contributed by atoms with Crippen LogP contribution >= 0.6 is 0 Å². The van der Waals surface area contributed by atoms with Gasteiger partial charge in [-0.3, -0.25) is 0 Å². The molecule has 6 heteroatoms. The predicted molar refractivity (Wildman–Crippen MR) is 137 cm³/mol. The highest BCUT2D eigenvalue weighted by atomic mass is 16.5. The molecule has 0 saturated heterocycles. The van der Waals surface area contributed by atoms with Crippen LogP contribution in [0.4, 0.5) is 0 Å². The number of hydrogen-bond acceptors (Lipinski definition) is 6. The third-order valence-electron chi connectivity index (χ3n) is 5.71. The van der Waals surface area contributed by atoms with E-state index in [1.54, 1.807) is 18.3 Å². The molecule has 2 N–H and O–H groups in total. The van der Waals surface area contributed by atoms with E-state index in [1.807, 2.05) is 78.9 Å². The van der Waals surface area contributed by atoms with Crippen LogP contribution in [0.1, 0.15) is 16.7 Å². The Bertz CT molecular complexity index is 1430. The van der Waals surface area contributed by atoms with Crippen molar-refractivity contribution in [1.29, 1.82) is 0 Å². The number of benzene rings is 4. The van der Waals surface area contributed by atoms with E-state index in [9.17, 15) is 10.2 Å². The minimum absolute atomic E-state index is 0.0212. The van der Waals surface area contributed by atoms with Gasteiger partial charge < -0.3 is 24.1 Å². The molecule has 0 atom stereocenters. The van der Waals surface area contributed by atoms with Crippen LogP contribution in [-0.2, 0) is 19.8 Å². The van der Waals surface area contributed by atoms with Crippen LogP contribution in [0, 0.1) is 0 Å². The summed E-state index contributed by atoms with van der Waals surface area (Å²) in [6.45, 7) is 0.467. The van der Waals surface area contributed by atoms with Gasteiger partial charge in [-0.25, -0.2) is 4.98 Å². The summed E-state index contributed by atoms with van der Waals surface area (Å²) in [6.07, 6.45) is 1.63. The molecule has 0 amide bonds. The van der Waals surface area contributed by atoms with E-state index in [0.29, 0.717) is 53.1 Å². The predicted octanol–water partition coefficient (Wildman–Crippen LogP) is 6.36. The summed E-state index contributed by atoms with van der Waals surface area (Å²) in [5, 5.41) is 19.4. The van der Waals surface area contributed by atoms with Crippen molar-refractivity contribution >= 4 is 0 Å². The number of aliphatic hydroxyl groups is 1. The lowest BCUT2D eigenvalue weighted by Crippen LogP contribution is -2.02. The average Bonchev–Trinajstić information content (AvgIpc) is 3.42. The molecule has 0 spiro atoms. The summed E-state index contributed by atoms with van der Waals surface area (Å²) in [4.78, 5) is 4.42. The Morgan fingerprint density at radius 1 is 0.750 bits per heavy atom. The second-order valence-electron chi connectivity index (χ2n) is 8.21. The lowest BCUT2D eigenvalue weighted by atomic mass is 10.1. The highest BCUT2D eigenvalue weighted by Crippen LogP contribution is 2.40. The summed E-state index contributed by atoms with van der Waals surface area (Å²) in [6, 6.07) is 30.4. The number of rotatable bonds is 9. The second-order valence-corrected chi connectivity index (χ2v) is 8.21. The first-order valence-electron chi connectivity index (χ1n) is 11.6. The van der Waals surface area contributed by atoms with Crippen molar-refractivity contribution in [2.45, 2.75) is 19.8 Å². The molecule has 6 nitrogen and oxygen atoms in total. The fourth-order valence-corrected chi connectivity index (χ4v) is 3.81. The van der Waals surface area contributed by atoms with E-state index in [2.05, 4.69) is 4.98 Å². The normalized spacial score (nSPS) is 10.8. The number of ether oxygens (including phenoxy) is 2. The third kappa shape index (κ3) is 5.24. The van der Waals surface area contributed by atoms with Gasteiger partial charge in [-0.2, -0.15) is 0 Å². The largest absolute Gasteiger partial charge is 0.508 e. The van der Waals surface area contributed by atoms with Gasteiger partial charge in [0.25, 0.3) is 0 Å². The minimum atomic E-state index is -0.286. The van der Waals surface area contributed by atoms with Crippen LogP contribution in [-0.4, -0.2) is 15.2 Å². The Hall–Kier alpha value is -4.55.